The molecule has 2 aromatic rings. The van der Waals surface area contributed by atoms with Crippen molar-refractivity contribution in [2.75, 3.05) is 31.1 Å². The van der Waals surface area contributed by atoms with E-state index >= 15 is 0 Å². The van der Waals surface area contributed by atoms with Crippen molar-refractivity contribution in [1.82, 2.24) is 24.4 Å². The second kappa shape index (κ2) is 6.70. The summed E-state index contributed by atoms with van der Waals surface area (Å²) >= 11 is 1.50. The van der Waals surface area contributed by atoms with Crippen molar-refractivity contribution in [1.29, 1.82) is 0 Å². The van der Waals surface area contributed by atoms with Gasteiger partial charge in [0.15, 0.2) is 5.82 Å². The molecular weight excluding hydrogens is 300 g/mol. The molecule has 1 saturated heterocycles. The highest BCUT2D eigenvalue weighted by molar-refractivity contribution is 7.09. The molecule has 2 aromatic heterocycles. The van der Waals surface area contributed by atoms with Crippen LogP contribution in [-0.4, -0.2) is 50.6 Å². The molecule has 22 heavy (non-hydrogen) atoms. The molecule has 0 amide bonds. The summed E-state index contributed by atoms with van der Waals surface area (Å²) in [6, 6.07) is 0.163. The molecule has 1 fully saturated rings. The van der Waals surface area contributed by atoms with E-state index in [1.54, 1.807) is 0 Å². The average molecular weight is 322 g/mol. The minimum atomic E-state index is 0.163. The van der Waals surface area contributed by atoms with E-state index in [1.165, 1.54) is 11.5 Å². The van der Waals surface area contributed by atoms with Gasteiger partial charge in [0, 0.05) is 50.6 Å². The first-order chi connectivity index (χ1) is 10.7. The number of anilines is 1. The Morgan fingerprint density at radius 3 is 2.41 bits per heavy atom. The van der Waals surface area contributed by atoms with Crippen LogP contribution >= 0.6 is 11.5 Å². The van der Waals surface area contributed by atoms with Gasteiger partial charge >= 0.3 is 0 Å². The van der Waals surface area contributed by atoms with E-state index in [1.807, 2.05) is 6.92 Å². The van der Waals surface area contributed by atoms with Crippen molar-refractivity contribution < 1.29 is 4.52 Å². The maximum absolute atomic E-state index is 5.36. The smallest absolute Gasteiger partial charge is 0.243 e. The highest BCUT2D eigenvalue weighted by Gasteiger charge is 2.26. The first kappa shape index (κ1) is 15.4. The van der Waals surface area contributed by atoms with E-state index in [4.69, 9.17) is 4.52 Å². The van der Waals surface area contributed by atoms with Crippen molar-refractivity contribution in [3.05, 3.63) is 17.5 Å². The fourth-order valence-electron chi connectivity index (χ4n) is 2.55. The van der Waals surface area contributed by atoms with Gasteiger partial charge in [-0.1, -0.05) is 19.0 Å². The Morgan fingerprint density at radius 1 is 1.09 bits per heavy atom. The maximum Gasteiger partial charge on any atom is 0.243 e. The molecule has 0 saturated carbocycles. The number of hydrogen-bond acceptors (Lipinski definition) is 8. The number of rotatable bonds is 5. The lowest BCUT2D eigenvalue weighted by atomic mass is 10.2. The largest absolute Gasteiger partial charge is 0.344 e. The lowest BCUT2D eigenvalue weighted by Crippen LogP contribution is -2.47. The zero-order chi connectivity index (χ0) is 15.5. The SMILES string of the molecule is CCc1noc(C(C)N2CCN(c3nc(CC)ns3)CC2)n1. The molecule has 3 rings (SSSR count). The molecule has 1 atom stereocenters. The molecule has 0 aliphatic carbocycles. The van der Waals surface area contributed by atoms with Gasteiger partial charge in [-0.15, -0.1) is 0 Å². The van der Waals surface area contributed by atoms with E-state index in [0.29, 0.717) is 0 Å². The monoisotopic (exact) mass is 322 g/mol. The van der Waals surface area contributed by atoms with Gasteiger partial charge in [-0.3, -0.25) is 4.90 Å². The number of aryl methyl sites for hydroxylation is 2. The minimum absolute atomic E-state index is 0.163. The highest BCUT2D eigenvalue weighted by Crippen LogP contribution is 2.24. The van der Waals surface area contributed by atoms with Gasteiger partial charge in [0.2, 0.25) is 11.0 Å². The summed E-state index contributed by atoms with van der Waals surface area (Å²) in [6.07, 6.45) is 1.70. The van der Waals surface area contributed by atoms with E-state index in [2.05, 4.69) is 43.1 Å². The zero-order valence-corrected chi connectivity index (χ0v) is 14.1. The van der Waals surface area contributed by atoms with Crippen LogP contribution in [0.1, 0.15) is 44.4 Å². The molecule has 1 unspecified atom stereocenters. The Kier molecular flexibility index (Phi) is 4.68. The van der Waals surface area contributed by atoms with Crippen molar-refractivity contribution in [2.24, 2.45) is 0 Å². The van der Waals surface area contributed by atoms with Crippen LogP contribution in [0.15, 0.2) is 4.52 Å². The summed E-state index contributed by atoms with van der Waals surface area (Å²) in [4.78, 5) is 13.7. The van der Waals surface area contributed by atoms with E-state index in [-0.39, 0.29) is 6.04 Å². The van der Waals surface area contributed by atoms with E-state index in [0.717, 1.165) is 61.7 Å². The minimum Gasteiger partial charge on any atom is -0.344 e. The molecule has 0 aromatic carbocycles. The van der Waals surface area contributed by atoms with E-state index < -0.39 is 0 Å². The molecule has 1 aliphatic rings. The number of nitrogens with zero attached hydrogens (tertiary/aromatic N) is 6. The first-order valence-electron chi connectivity index (χ1n) is 7.85. The first-order valence-corrected chi connectivity index (χ1v) is 8.62. The molecule has 1 aliphatic heterocycles. The Balaban J connectivity index is 1.58. The predicted molar refractivity (Wildman–Crippen MR) is 85.2 cm³/mol. The summed E-state index contributed by atoms with van der Waals surface area (Å²) in [6.45, 7) is 10.1. The van der Waals surface area contributed by atoms with Crippen LogP contribution in [0.2, 0.25) is 0 Å². The molecule has 0 N–H and O–H groups in total. The number of hydrogen-bond donors (Lipinski definition) is 0. The van der Waals surface area contributed by atoms with Crippen LogP contribution < -0.4 is 4.90 Å². The van der Waals surface area contributed by atoms with Gasteiger partial charge in [-0.2, -0.15) is 9.36 Å². The van der Waals surface area contributed by atoms with Crippen LogP contribution in [-0.2, 0) is 12.8 Å². The standard InChI is InChI=1S/C14H22N6OS/c1-4-11-15-13(21-17-11)10(3)19-6-8-20(9-7-19)14-16-12(5-2)18-22-14/h10H,4-9H2,1-3H3. The third-order valence-corrected chi connectivity index (χ3v) is 4.88. The summed E-state index contributed by atoms with van der Waals surface area (Å²) in [5, 5.41) is 5.02. The van der Waals surface area contributed by atoms with Crippen LogP contribution in [0.4, 0.5) is 5.13 Å². The normalized spacial score (nSPS) is 17.9. The Morgan fingerprint density at radius 2 is 1.82 bits per heavy atom. The van der Waals surface area contributed by atoms with Crippen molar-refractivity contribution in [3.63, 3.8) is 0 Å². The molecular formula is C14H22N6OS. The van der Waals surface area contributed by atoms with Crippen LogP contribution in [0.5, 0.6) is 0 Å². The fourth-order valence-corrected chi connectivity index (χ4v) is 3.36. The van der Waals surface area contributed by atoms with Gasteiger partial charge < -0.3 is 9.42 Å². The molecule has 120 valence electrons. The average Bonchev–Trinajstić information content (AvgIpc) is 3.23. The predicted octanol–water partition coefficient (Wildman–Crippen LogP) is 1.93. The third-order valence-electron chi connectivity index (χ3n) is 4.06. The number of piperazine rings is 1. The Labute approximate surface area is 134 Å². The second-order valence-electron chi connectivity index (χ2n) is 5.45. The summed E-state index contributed by atoms with van der Waals surface area (Å²) in [7, 11) is 0. The summed E-state index contributed by atoms with van der Waals surface area (Å²) in [5.74, 6) is 2.43. The highest BCUT2D eigenvalue weighted by atomic mass is 32.1. The molecule has 0 spiro atoms. The Hall–Kier alpha value is -1.54. The van der Waals surface area contributed by atoms with Crippen molar-refractivity contribution in [3.8, 4) is 0 Å². The zero-order valence-electron chi connectivity index (χ0n) is 13.3. The lowest BCUT2D eigenvalue weighted by molar-refractivity contribution is 0.164. The van der Waals surface area contributed by atoms with Gasteiger partial charge in [-0.05, 0) is 6.92 Å². The van der Waals surface area contributed by atoms with Gasteiger partial charge in [0.25, 0.3) is 0 Å². The topological polar surface area (TPSA) is 71.2 Å². The van der Waals surface area contributed by atoms with E-state index in [9.17, 15) is 0 Å². The molecule has 0 radical (unpaired) electrons. The van der Waals surface area contributed by atoms with Gasteiger partial charge in [-0.25, -0.2) is 4.98 Å². The number of aromatic nitrogens is 4. The quantitative estimate of drug-likeness (QED) is 0.833. The molecule has 0 bridgehead atoms. The van der Waals surface area contributed by atoms with Crippen molar-refractivity contribution in [2.45, 2.75) is 39.7 Å². The maximum atomic E-state index is 5.36. The van der Waals surface area contributed by atoms with Crippen molar-refractivity contribution >= 4 is 16.7 Å². The molecule has 8 heteroatoms. The fraction of sp³-hybridized carbons (Fsp3) is 0.714. The van der Waals surface area contributed by atoms with Crippen LogP contribution in [0, 0.1) is 0 Å². The molecule has 3 heterocycles. The summed E-state index contributed by atoms with van der Waals surface area (Å²) in [5.41, 5.74) is 0. The summed E-state index contributed by atoms with van der Waals surface area (Å²) < 4.78 is 9.73. The third kappa shape index (κ3) is 3.12. The van der Waals surface area contributed by atoms with Gasteiger partial charge in [0.1, 0.15) is 5.82 Å². The van der Waals surface area contributed by atoms with Gasteiger partial charge in [0.05, 0.1) is 6.04 Å². The molecule has 7 nitrogen and oxygen atoms in total. The van der Waals surface area contributed by atoms with Crippen LogP contribution in [0.25, 0.3) is 0 Å². The van der Waals surface area contributed by atoms with Crippen LogP contribution in [0.3, 0.4) is 0 Å². The lowest BCUT2D eigenvalue weighted by Gasteiger charge is -2.36. The second-order valence-corrected chi connectivity index (χ2v) is 6.18. The Bertz CT molecular complexity index is 604.